The molecule has 0 aliphatic rings. The van der Waals surface area contributed by atoms with E-state index in [9.17, 15) is 0 Å². The van der Waals surface area contributed by atoms with Gasteiger partial charge in [0.25, 0.3) is 0 Å². The molecular weight excluding hydrogens is 690 g/mol. The van der Waals surface area contributed by atoms with Gasteiger partial charge in [0, 0.05) is 0 Å². The van der Waals surface area contributed by atoms with Crippen molar-refractivity contribution in [2.24, 2.45) is 0 Å². The Morgan fingerprint density at radius 2 is 0.310 bits per heavy atom. The van der Waals surface area contributed by atoms with Crippen LogP contribution in [0.3, 0.4) is 0 Å². The van der Waals surface area contributed by atoms with Crippen LogP contribution in [0, 0.1) is 0 Å². The van der Waals surface area contributed by atoms with Crippen LogP contribution >= 0.6 is 0 Å². The van der Waals surface area contributed by atoms with Gasteiger partial charge in [-0.2, -0.15) is 21.9 Å². The zero-order chi connectivity index (χ0) is 43.9. The van der Waals surface area contributed by atoms with Crippen molar-refractivity contribution < 1.29 is 18.9 Å². The summed E-state index contributed by atoms with van der Waals surface area (Å²) >= 11 is 0. The number of hydrogen-bond donors (Lipinski definition) is 0. The third-order valence-electron chi connectivity index (χ3n) is 12.7. The summed E-state index contributed by atoms with van der Waals surface area (Å²) in [6, 6.07) is 31.0. The Bertz CT molecular complexity index is 1650. The summed E-state index contributed by atoms with van der Waals surface area (Å²) in [7, 11) is 0. The van der Waals surface area contributed by atoms with E-state index >= 15 is 0 Å². The monoisotopic (exact) mass is 775 g/mol. The topological polar surface area (TPSA) is 0 Å². The van der Waals surface area contributed by atoms with Gasteiger partial charge in [-0.15, -0.1) is 0 Å². The molecular formula is C56H84BLi. The van der Waals surface area contributed by atoms with Crippen LogP contribution in [0.5, 0.6) is 0 Å². The van der Waals surface area contributed by atoms with Gasteiger partial charge in [-0.25, -0.2) is 0 Å². The second-order valence-electron chi connectivity index (χ2n) is 26.2. The van der Waals surface area contributed by atoms with Gasteiger partial charge in [0.1, 0.15) is 6.15 Å². The quantitative estimate of drug-likeness (QED) is 0.181. The van der Waals surface area contributed by atoms with E-state index in [2.05, 4.69) is 239 Å². The van der Waals surface area contributed by atoms with Crippen LogP contribution in [0.4, 0.5) is 0 Å². The summed E-state index contributed by atoms with van der Waals surface area (Å²) in [5, 5.41) is 0. The van der Waals surface area contributed by atoms with Gasteiger partial charge in [0.05, 0.1) is 0 Å². The van der Waals surface area contributed by atoms with Crippen LogP contribution in [0.25, 0.3) is 0 Å². The van der Waals surface area contributed by atoms with E-state index < -0.39 is 6.15 Å². The summed E-state index contributed by atoms with van der Waals surface area (Å²) in [6.45, 7) is 57.4. The van der Waals surface area contributed by atoms with Crippen molar-refractivity contribution in [3.8, 4) is 0 Å². The van der Waals surface area contributed by atoms with Crippen LogP contribution in [-0.2, 0) is 43.3 Å². The predicted octanol–water partition coefficient (Wildman–Crippen LogP) is 10.4. The average molecular weight is 775 g/mol. The first-order valence-electron chi connectivity index (χ1n) is 22.1. The molecule has 0 aliphatic heterocycles. The van der Waals surface area contributed by atoms with E-state index in [4.69, 9.17) is 0 Å². The van der Waals surface area contributed by atoms with Gasteiger partial charge in [-0.05, 0) is 87.8 Å². The van der Waals surface area contributed by atoms with Crippen molar-refractivity contribution in [2.75, 3.05) is 0 Å². The molecule has 0 N–H and O–H groups in total. The summed E-state index contributed by atoms with van der Waals surface area (Å²) in [4.78, 5) is 0. The van der Waals surface area contributed by atoms with Crippen LogP contribution < -0.4 is 40.7 Å². The Labute approximate surface area is 371 Å². The van der Waals surface area contributed by atoms with Crippen molar-refractivity contribution in [3.05, 3.63) is 117 Å². The summed E-state index contributed by atoms with van der Waals surface area (Å²) in [5.41, 5.74) is 16.4. The van der Waals surface area contributed by atoms with Crippen LogP contribution in [-0.4, -0.2) is 6.15 Å². The van der Waals surface area contributed by atoms with Gasteiger partial charge < -0.3 is 0 Å². The molecule has 0 heterocycles. The molecule has 0 saturated heterocycles. The zero-order valence-corrected chi connectivity index (χ0v) is 42.5. The van der Waals surface area contributed by atoms with E-state index in [1.807, 2.05) is 0 Å². The molecule has 312 valence electrons. The van der Waals surface area contributed by atoms with E-state index in [0.29, 0.717) is 0 Å². The fraction of sp³-hybridized carbons (Fsp3) is 0.571. The van der Waals surface area contributed by atoms with Gasteiger partial charge in [0.2, 0.25) is 0 Å². The van der Waals surface area contributed by atoms with Gasteiger partial charge >= 0.3 is 18.9 Å². The number of rotatable bonds is 4. The molecule has 0 aliphatic carbocycles. The third-order valence-corrected chi connectivity index (χ3v) is 12.7. The Morgan fingerprint density at radius 3 is 0.397 bits per heavy atom. The maximum absolute atomic E-state index is 2.62. The fourth-order valence-electron chi connectivity index (χ4n) is 8.23. The first-order chi connectivity index (χ1) is 25.3. The SMILES string of the molecule is CC(C)(C)c1cc([B-](c2cc(C(C)(C)C)cc(C(C)(C)C)c2)(c2cc(C(C)(C)C)cc(C(C)(C)C)c2)c2cc(C(C)(C)C)cc(C(C)(C)C)c2)cc(C(C)(C)C)c1.[Li+]. The molecule has 2 heteroatoms. The zero-order valence-electron chi connectivity index (χ0n) is 42.5. The van der Waals surface area contributed by atoms with Crippen molar-refractivity contribution in [3.63, 3.8) is 0 Å². The standard InChI is InChI=1S/C56H84B.Li/c1-49(2,3)37-25-38(50(4,5)6)30-45(29-37)57(46-31-39(51(7,8)9)26-40(32-46)52(10,11)12,47-33-41(53(13,14)15)27-42(34-47)54(16,17)18)48-35-43(55(19,20)21)28-44(36-48)56(22,23)24;/h25-36H,1-24H3;/q-1;+1. The van der Waals surface area contributed by atoms with E-state index in [-0.39, 0.29) is 62.2 Å². The fourth-order valence-corrected chi connectivity index (χ4v) is 8.23. The molecule has 0 unspecified atom stereocenters. The molecule has 0 nitrogen and oxygen atoms in total. The molecule has 0 spiro atoms. The first kappa shape index (κ1) is 49.9. The Hall–Kier alpha value is -2.46. The van der Waals surface area contributed by atoms with Crippen molar-refractivity contribution in [1.82, 2.24) is 0 Å². The van der Waals surface area contributed by atoms with Gasteiger partial charge in [-0.1, -0.05) is 239 Å². The normalized spacial score (nSPS) is 14.1. The smallest absolute Gasteiger partial charge is 0.195 e. The van der Waals surface area contributed by atoms with Gasteiger partial charge in [0.15, 0.2) is 0 Å². The Kier molecular flexibility index (Phi) is 13.6. The molecule has 0 radical (unpaired) electrons. The molecule has 4 rings (SSSR count). The average Bonchev–Trinajstić information content (AvgIpc) is 3.01. The van der Waals surface area contributed by atoms with Crippen molar-refractivity contribution >= 4 is 28.0 Å². The van der Waals surface area contributed by atoms with Crippen molar-refractivity contribution in [1.29, 1.82) is 0 Å². The van der Waals surface area contributed by atoms with Crippen LogP contribution in [0.2, 0.25) is 0 Å². The first-order valence-corrected chi connectivity index (χ1v) is 22.1. The minimum Gasteiger partial charge on any atom is -0.195 e. The van der Waals surface area contributed by atoms with Crippen LogP contribution in [0.1, 0.15) is 211 Å². The number of hydrogen-bond acceptors (Lipinski definition) is 0. The molecule has 58 heavy (non-hydrogen) atoms. The van der Waals surface area contributed by atoms with Crippen LogP contribution in [0.15, 0.2) is 72.8 Å². The molecule has 0 atom stereocenters. The summed E-state index contributed by atoms with van der Waals surface area (Å²) in [6.07, 6.45) is -1.80. The molecule has 4 aromatic rings. The van der Waals surface area contributed by atoms with E-state index in [0.717, 1.165) is 0 Å². The summed E-state index contributed by atoms with van der Waals surface area (Å²) in [5.74, 6) is 0. The van der Waals surface area contributed by atoms with E-state index in [1.54, 1.807) is 0 Å². The Balaban J connectivity index is 0.00000900. The molecule has 4 aromatic carbocycles. The maximum Gasteiger partial charge on any atom is 1.00 e. The largest absolute Gasteiger partial charge is 1.00 e. The second kappa shape index (κ2) is 15.8. The maximum atomic E-state index is 2.62. The van der Waals surface area contributed by atoms with Gasteiger partial charge in [-0.3, -0.25) is 0 Å². The minimum absolute atomic E-state index is 0. The molecule has 0 saturated carbocycles. The predicted molar refractivity (Wildman–Crippen MR) is 260 cm³/mol. The molecule has 0 bridgehead atoms. The van der Waals surface area contributed by atoms with Crippen molar-refractivity contribution in [2.45, 2.75) is 209 Å². The summed E-state index contributed by atoms with van der Waals surface area (Å²) < 4.78 is 0. The Morgan fingerprint density at radius 1 is 0.207 bits per heavy atom. The molecule has 0 amide bonds. The number of benzene rings is 4. The molecule has 0 fully saturated rings. The molecule has 0 aromatic heterocycles. The minimum atomic E-state index is -1.80. The van der Waals surface area contributed by atoms with E-state index in [1.165, 1.54) is 66.4 Å². The second-order valence-corrected chi connectivity index (χ2v) is 26.2. The third kappa shape index (κ3) is 10.7.